The molecule has 0 spiro atoms. The van der Waals surface area contributed by atoms with Crippen LogP contribution in [0.25, 0.3) is 55.2 Å². The molecule has 4 aromatic carbocycles. The van der Waals surface area contributed by atoms with Gasteiger partial charge in [0.25, 0.3) is 0 Å². The first kappa shape index (κ1) is 47.3. The Morgan fingerprint density at radius 2 is 1.03 bits per heavy atom. The predicted octanol–water partition coefficient (Wildman–Crippen LogP) is 10.2. The van der Waals surface area contributed by atoms with E-state index in [-0.39, 0.29) is 36.0 Å². The second-order valence-corrected chi connectivity index (χ2v) is 18.9. The smallest absolute Gasteiger partial charge is 0.321 e. The summed E-state index contributed by atoms with van der Waals surface area (Å²) in [6, 6.07) is 35.7. The van der Waals surface area contributed by atoms with Crippen molar-refractivity contribution in [3.8, 4) is 11.6 Å². The van der Waals surface area contributed by atoms with Crippen LogP contribution in [0.15, 0.2) is 159 Å². The summed E-state index contributed by atoms with van der Waals surface area (Å²) >= 11 is 0. The van der Waals surface area contributed by atoms with Gasteiger partial charge >= 0.3 is 12.1 Å². The lowest BCUT2D eigenvalue weighted by Gasteiger charge is -2.36. The number of likely N-dealkylation sites (tertiary alicyclic amines) is 2. The highest BCUT2D eigenvalue weighted by Gasteiger charge is 2.30. The fourth-order valence-corrected chi connectivity index (χ4v) is 10.1. The van der Waals surface area contributed by atoms with Crippen molar-refractivity contribution in [2.75, 3.05) is 47.4 Å². The van der Waals surface area contributed by atoms with Crippen LogP contribution in [0.5, 0.6) is 0 Å². The molecule has 4 N–H and O–H groups in total. The third-order valence-electron chi connectivity index (χ3n) is 14.2. The Labute approximate surface area is 427 Å². The third kappa shape index (κ3) is 10.3. The second kappa shape index (κ2) is 21.3. The number of carbonyl (C=O) groups excluding carboxylic acids is 2. The van der Waals surface area contributed by atoms with E-state index in [0.29, 0.717) is 25.0 Å². The zero-order valence-corrected chi connectivity index (χ0v) is 41.2. The molecule has 4 amide bonds. The molecule has 6 aromatic heterocycles. The van der Waals surface area contributed by atoms with Crippen molar-refractivity contribution in [3.63, 3.8) is 0 Å². The van der Waals surface area contributed by atoms with Crippen LogP contribution in [0.2, 0.25) is 0 Å². The molecule has 0 radical (unpaired) electrons. The third-order valence-corrected chi connectivity index (χ3v) is 14.2. The van der Waals surface area contributed by atoms with Crippen LogP contribution < -0.4 is 21.3 Å². The average molecular weight is 985 g/mol. The molecule has 4 unspecified atom stereocenters. The van der Waals surface area contributed by atoms with Gasteiger partial charge in [0, 0.05) is 73.8 Å². The van der Waals surface area contributed by atoms with Crippen molar-refractivity contribution in [1.82, 2.24) is 58.8 Å². The van der Waals surface area contributed by atoms with E-state index in [1.807, 2.05) is 104 Å². The van der Waals surface area contributed by atoms with E-state index < -0.39 is 0 Å². The predicted molar refractivity (Wildman–Crippen MR) is 290 cm³/mol. The second-order valence-electron chi connectivity index (χ2n) is 18.9. The summed E-state index contributed by atoms with van der Waals surface area (Å²) in [5.74, 6) is 3.11. The molecule has 2 saturated heterocycles. The lowest BCUT2D eigenvalue weighted by molar-refractivity contribution is 0.171. The molecule has 18 nitrogen and oxygen atoms in total. The first-order valence-corrected chi connectivity index (χ1v) is 25.1. The molecule has 18 heteroatoms. The maximum Gasteiger partial charge on any atom is 0.321 e. The van der Waals surface area contributed by atoms with E-state index in [2.05, 4.69) is 89.3 Å². The van der Waals surface area contributed by atoms with Gasteiger partial charge in [0.2, 0.25) is 11.9 Å². The van der Waals surface area contributed by atoms with Crippen molar-refractivity contribution in [2.45, 2.75) is 51.6 Å². The summed E-state index contributed by atoms with van der Waals surface area (Å²) in [5.41, 5.74) is 5.18. The average Bonchev–Trinajstić information content (AvgIpc) is 4.09. The molecular weight excluding hydrogens is 929 g/mol. The maximum absolute atomic E-state index is 13.2. The Morgan fingerprint density at radius 3 is 1.61 bits per heavy atom. The highest BCUT2D eigenvalue weighted by Crippen LogP contribution is 2.29. The molecule has 10 aromatic rings. The molecule has 12 rings (SSSR count). The van der Waals surface area contributed by atoms with Crippen LogP contribution in [0.3, 0.4) is 0 Å². The fourth-order valence-electron chi connectivity index (χ4n) is 10.1. The number of piperidine rings is 2. The van der Waals surface area contributed by atoms with Gasteiger partial charge in [-0.2, -0.15) is 9.97 Å². The number of benzene rings is 4. The van der Waals surface area contributed by atoms with Crippen LogP contribution in [-0.4, -0.2) is 109 Å². The van der Waals surface area contributed by atoms with E-state index in [0.717, 1.165) is 105 Å². The number of nitrogens with one attached hydrogen (secondary N) is 4. The molecule has 4 atom stereocenters. The van der Waals surface area contributed by atoms with Crippen molar-refractivity contribution in [3.05, 3.63) is 159 Å². The molecule has 2 fully saturated rings. The number of nitrogens with zero attached hydrogens (tertiary/aromatic N) is 12. The number of urea groups is 2. The van der Waals surface area contributed by atoms with E-state index >= 15 is 0 Å². The number of hydrogen-bond donors (Lipinski definition) is 4. The van der Waals surface area contributed by atoms with Crippen LogP contribution in [-0.2, 0) is 0 Å². The van der Waals surface area contributed by atoms with Gasteiger partial charge in [-0.25, -0.2) is 29.5 Å². The van der Waals surface area contributed by atoms with Gasteiger partial charge in [-0.05, 0) is 98.5 Å². The lowest BCUT2D eigenvalue weighted by Crippen LogP contribution is -2.46. The Morgan fingerprint density at radius 1 is 0.527 bits per heavy atom. The monoisotopic (exact) mass is 984 g/mol. The highest BCUT2D eigenvalue weighted by atomic mass is 16.2. The topological polar surface area (TPSA) is 202 Å². The van der Waals surface area contributed by atoms with E-state index in [1.165, 1.54) is 0 Å². The Hall–Kier alpha value is -9.06. The van der Waals surface area contributed by atoms with Gasteiger partial charge in [0.15, 0.2) is 0 Å². The van der Waals surface area contributed by atoms with Crippen LogP contribution in [0.1, 0.15) is 39.5 Å². The van der Waals surface area contributed by atoms with E-state index in [9.17, 15) is 9.59 Å². The standard InChI is InChI=1S/2C28H28N8O/c1-19(32-27-30-14-12-26(34-27)36-18-31-24-16-29-13-11-25(24)36)21-8-5-15-35(17-21)28(37)33-23-10-4-7-20-6-2-3-9-22(20)23;1-19(32-27-30-14-12-26(34-27)36-18-31-24-11-13-29-16-25(24)36)21-8-5-15-35(17-21)28(37)33-23-10-4-7-20-6-2-3-9-22(20)23/h2*2-4,6-7,9-14,16,18-19,21H,5,8,15,17H2,1H3,(H,33,37)(H,30,32,34). The minimum absolute atomic E-state index is 0.0621. The van der Waals surface area contributed by atoms with Crippen LogP contribution in [0, 0.1) is 11.8 Å². The minimum Gasteiger partial charge on any atom is -0.351 e. The molecule has 2 aliphatic rings. The SMILES string of the molecule is CC(Nc1nccc(-n2cnc3ccncc32)n1)C1CCCN(C(=O)Nc2cccc3ccccc23)C1.CC(Nc1nccc(-n2cnc3cnccc32)n1)C1CCCN(C(=O)Nc2cccc3ccccc23)C1. The van der Waals surface area contributed by atoms with Gasteiger partial charge in [-0.3, -0.25) is 19.1 Å². The van der Waals surface area contributed by atoms with Gasteiger partial charge in [0.1, 0.15) is 29.8 Å². The first-order chi connectivity index (χ1) is 36.3. The zero-order chi connectivity index (χ0) is 50.4. The molecule has 0 saturated carbocycles. The largest absolute Gasteiger partial charge is 0.351 e. The Kier molecular flexibility index (Phi) is 13.6. The van der Waals surface area contributed by atoms with Gasteiger partial charge in [0.05, 0.1) is 40.3 Å². The molecule has 2 aliphatic heterocycles. The van der Waals surface area contributed by atoms with Gasteiger partial charge < -0.3 is 31.1 Å². The molecule has 8 heterocycles. The van der Waals surface area contributed by atoms with Crippen molar-refractivity contribution < 1.29 is 9.59 Å². The number of imidazole rings is 2. The van der Waals surface area contributed by atoms with Crippen molar-refractivity contribution in [1.29, 1.82) is 0 Å². The number of hydrogen-bond acceptors (Lipinski definition) is 12. The lowest BCUT2D eigenvalue weighted by atomic mass is 9.92. The Balaban J connectivity index is 0.000000159. The van der Waals surface area contributed by atoms with Gasteiger partial charge in [-0.1, -0.05) is 72.8 Å². The van der Waals surface area contributed by atoms with Crippen LogP contribution in [0.4, 0.5) is 32.9 Å². The Bertz CT molecular complexity index is 3350. The summed E-state index contributed by atoms with van der Waals surface area (Å²) in [7, 11) is 0. The number of rotatable bonds is 10. The minimum atomic E-state index is -0.0629. The number of fused-ring (bicyclic) bond motifs is 4. The molecule has 372 valence electrons. The number of pyridine rings is 2. The highest BCUT2D eigenvalue weighted by molar-refractivity contribution is 6.02. The van der Waals surface area contributed by atoms with Crippen molar-refractivity contribution in [2.24, 2.45) is 11.8 Å². The summed E-state index contributed by atoms with van der Waals surface area (Å²) in [4.78, 5) is 65.7. The normalized spacial score (nSPS) is 16.6. The summed E-state index contributed by atoms with van der Waals surface area (Å²) < 4.78 is 3.83. The maximum atomic E-state index is 13.2. The number of aromatic nitrogens is 10. The number of carbonyl (C=O) groups is 2. The first-order valence-electron chi connectivity index (χ1n) is 25.1. The molecule has 0 aliphatic carbocycles. The fraction of sp³-hybridized carbons (Fsp3) is 0.250. The number of anilines is 4. The van der Waals surface area contributed by atoms with E-state index in [4.69, 9.17) is 9.97 Å². The summed E-state index contributed by atoms with van der Waals surface area (Å²) in [5, 5.41) is 17.5. The zero-order valence-electron chi connectivity index (χ0n) is 41.2. The van der Waals surface area contributed by atoms with Crippen molar-refractivity contribution >= 4 is 78.9 Å². The number of amides is 4. The van der Waals surface area contributed by atoms with Gasteiger partial charge in [-0.15, -0.1) is 0 Å². The van der Waals surface area contributed by atoms with Crippen LogP contribution >= 0.6 is 0 Å². The molecular formula is C56H56N16O2. The quantitative estimate of drug-likeness (QED) is 0.101. The molecule has 74 heavy (non-hydrogen) atoms. The summed E-state index contributed by atoms with van der Waals surface area (Å²) in [6.07, 6.45) is 17.9. The molecule has 0 bridgehead atoms. The summed E-state index contributed by atoms with van der Waals surface area (Å²) in [6.45, 7) is 7.09. The van der Waals surface area contributed by atoms with E-state index in [1.54, 1.807) is 49.8 Å².